The molecule has 0 aromatic rings. The molecule has 3 aliphatic rings. The van der Waals surface area contributed by atoms with Crippen molar-refractivity contribution in [1.29, 1.82) is 0 Å². The van der Waals surface area contributed by atoms with Crippen LogP contribution in [0.4, 0.5) is 0 Å². The predicted octanol–water partition coefficient (Wildman–Crippen LogP) is 3.22. The van der Waals surface area contributed by atoms with E-state index in [-0.39, 0.29) is 53.4 Å². The van der Waals surface area contributed by atoms with Gasteiger partial charge in [-0.3, -0.25) is 4.18 Å². The molecule has 0 spiro atoms. The average Bonchev–Trinajstić information content (AvgIpc) is 3.14. The van der Waals surface area contributed by atoms with Crippen LogP contribution in [0.25, 0.3) is 0 Å². The van der Waals surface area contributed by atoms with E-state index in [4.69, 9.17) is 8.22 Å². The fourth-order valence-electron chi connectivity index (χ4n) is 6.70. The molecule has 3 fully saturated rings. The van der Waals surface area contributed by atoms with Gasteiger partial charge in [-0.2, -0.15) is 0 Å². The van der Waals surface area contributed by atoms with E-state index in [9.17, 15) is 18.1 Å². The number of hydrogen-bond acceptors (Lipinski definition) is 5. The molecule has 0 heterocycles. The van der Waals surface area contributed by atoms with Gasteiger partial charge >= 0.3 is 29.6 Å². The molecule has 34 heavy (non-hydrogen) atoms. The minimum atomic E-state index is -5.57. The van der Waals surface area contributed by atoms with Crippen LogP contribution in [0.3, 0.4) is 0 Å². The number of hydrogen-bond donors (Lipinski definition) is 1. The van der Waals surface area contributed by atoms with Crippen LogP contribution in [-0.2, 0) is 14.6 Å². The van der Waals surface area contributed by atoms with Crippen LogP contribution < -0.4 is 29.6 Å². The molecule has 3 saturated carbocycles. The van der Waals surface area contributed by atoms with Gasteiger partial charge in [0.15, 0.2) is 0 Å². The van der Waals surface area contributed by atoms with Crippen molar-refractivity contribution >= 4 is 10.4 Å². The van der Waals surface area contributed by atoms with E-state index < -0.39 is 36.1 Å². The molecule has 3 rings (SSSR count). The fourth-order valence-corrected chi connectivity index (χ4v) is 7.13. The minimum absolute atomic E-state index is 0. The number of fused-ring (bicyclic) bond motifs is 1. The van der Waals surface area contributed by atoms with Gasteiger partial charge in [-0.25, -0.2) is 8.42 Å². The molecule has 0 saturated heterocycles. The van der Waals surface area contributed by atoms with Crippen LogP contribution in [0.2, 0.25) is 0 Å². The molecule has 0 bridgehead atoms. The zero-order valence-corrected chi connectivity index (χ0v) is 23.8. The van der Waals surface area contributed by atoms with Crippen molar-refractivity contribution in [3.63, 3.8) is 0 Å². The Kier molecular flexibility index (Phi) is 7.83. The average molecular weight is 509 g/mol. The van der Waals surface area contributed by atoms with Crippen molar-refractivity contribution in [2.75, 3.05) is 0 Å². The zero-order chi connectivity index (χ0) is 29.4. The zero-order valence-electron chi connectivity index (χ0n) is 26.9. The number of allylic oxidation sites excluding steroid dienone is 4. The summed E-state index contributed by atoms with van der Waals surface area (Å²) in [5.74, 6) is 0.889. The second-order valence-corrected chi connectivity index (χ2v) is 11.7. The Labute approximate surface area is 238 Å². The van der Waals surface area contributed by atoms with E-state index in [1.165, 1.54) is 5.57 Å². The normalized spacial score (nSPS) is 36.9. The standard InChI is InChI=1S/C27H44O5S.Na/c1-19-10-13-23(28)18-22(19)12-11-21-9-7-17-27(5)24(14-15-25(21)27)20(2)8-6-16-26(3,4)32-33(29,30)31;/h11-12,20,23-25,28H,1,6-10,13-18H2,2-5H3,(H,29,30,31);/q;+1/p-1/b21-11+,22-12-;/t20-,23+,24-,25+,27-;/m1./s1/i3D3,4D3;. The summed E-state index contributed by atoms with van der Waals surface area (Å²) in [6.45, 7) is 1.90. The SMILES string of the molecule is [2H]C([2H])([2H])C(CCC[C@@H](C)[C@H]1CC[C@H]2/C(=C/C=C3/C[C@@H](O)CCC3=C)CCC[C@]12C)(OS(=O)(=O)[O-])C([2H])([2H])[2H].[Na+]. The van der Waals surface area contributed by atoms with Gasteiger partial charge < -0.3 is 9.66 Å². The van der Waals surface area contributed by atoms with Crippen molar-refractivity contribution in [1.82, 2.24) is 0 Å². The third kappa shape index (κ3) is 7.77. The molecule has 5 atom stereocenters. The molecule has 0 aliphatic heterocycles. The van der Waals surface area contributed by atoms with Crippen LogP contribution in [0.15, 0.2) is 35.5 Å². The topological polar surface area (TPSA) is 86.7 Å². The summed E-state index contributed by atoms with van der Waals surface area (Å²) in [6, 6.07) is 0. The van der Waals surface area contributed by atoms with E-state index >= 15 is 0 Å². The summed E-state index contributed by atoms with van der Waals surface area (Å²) >= 11 is 0. The third-order valence-electron chi connectivity index (χ3n) is 8.35. The van der Waals surface area contributed by atoms with E-state index in [0.29, 0.717) is 24.7 Å². The monoisotopic (exact) mass is 508 g/mol. The molecule has 5 nitrogen and oxygen atoms in total. The number of rotatable bonds is 8. The summed E-state index contributed by atoms with van der Waals surface area (Å²) in [6.07, 6.45) is 11.4. The van der Waals surface area contributed by atoms with Gasteiger partial charge in [0.25, 0.3) is 0 Å². The first kappa shape index (κ1) is 22.1. The summed E-state index contributed by atoms with van der Waals surface area (Å²) in [5.41, 5.74) is 0.591. The second kappa shape index (κ2) is 12.1. The Morgan fingerprint density at radius 2 is 2.06 bits per heavy atom. The van der Waals surface area contributed by atoms with Gasteiger partial charge in [0.1, 0.15) is 0 Å². The minimum Gasteiger partial charge on any atom is -0.726 e. The Morgan fingerprint density at radius 1 is 1.32 bits per heavy atom. The summed E-state index contributed by atoms with van der Waals surface area (Å²) in [5, 5.41) is 10.1. The largest absolute Gasteiger partial charge is 1.00 e. The molecule has 7 heteroatoms. The molecular weight excluding hydrogens is 459 g/mol. The second-order valence-electron chi connectivity index (χ2n) is 10.7. The fraction of sp³-hybridized carbons (Fsp3) is 0.778. The molecule has 1 N–H and O–H groups in total. The van der Waals surface area contributed by atoms with E-state index in [2.05, 4.69) is 36.8 Å². The summed E-state index contributed by atoms with van der Waals surface area (Å²) in [7, 11) is -5.57. The first-order valence-electron chi connectivity index (χ1n) is 15.2. The number of aliphatic hydroxyl groups is 1. The molecular formula is C27H43NaO5S. The van der Waals surface area contributed by atoms with Crippen molar-refractivity contribution in [3.8, 4) is 0 Å². The Morgan fingerprint density at radius 3 is 2.74 bits per heavy atom. The maximum Gasteiger partial charge on any atom is 1.00 e. The molecule has 3 aliphatic carbocycles. The first-order valence-corrected chi connectivity index (χ1v) is 13.6. The van der Waals surface area contributed by atoms with Crippen LogP contribution in [0, 0.1) is 23.2 Å². The van der Waals surface area contributed by atoms with Crippen LogP contribution in [0.5, 0.6) is 0 Å². The third-order valence-corrected chi connectivity index (χ3v) is 8.83. The van der Waals surface area contributed by atoms with Gasteiger partial charge in [0.2, 0.25) is 10.4 Å². The Balaban J connectivity index is 0.00000560. The van der Waals surface area contributed by atoms with Crippen molar-refractivity contribution < 1.29 is 60.0 Å². The van der Waals surface area contributed by atoms with Crippen LogP contribution in [0.1, 0.15) is 106 Å². The maximum absolute atomic E-state index is 11.4. The maximum atomic E-state index is 11.4. The molecule has 0 radical (unpaired) electrons. The van der Waals surface area contributed by atoms with Gasteiger partial charge in [-0.15, -0.1) is 0 Å². The first-order chi connectivity index (χ1) is 17.8. The van der Waals surface area contributed by atoms with Crippen LogP contribution >= 0.6 is 0 Å². The summed E-state index contributed by atoms with van der Waals surface area (Å²) in [4.78, 5) is 0. The molecule has 0 unspecified atom stereocenters. The van der Waals surface area contributed by atoms with E-state index in [1.54, 1.807) is 0 Å². The smallest absolute Gasteiger partial charge is 0.726 e. The molecule has 188 valence electrons. The van der Waals surface area contributed by atoms with Gasteiger partial charge in [-0.05, 0) is 100 Å². The Hall–Kier alpha value is 0.0500. The van der Waals surface area contributed by atoms with E-state index in [1.807, 2.05) is 0 Å². The predicted molar refractivity (Wildman–Crippen MR) is 131 cm³/mol. The van der Waals surface area contributed by atoms with Gasteiger partial charge in [0, 0.05) is 8.22 Å². The Bertz CT molecular complexity index is 1070. The van der Waals surface area contributed by atoms with E-state index in [0.717, 1.165) is 56.1 Å². The number of aliphatic hydroxyl groups excluding tert-OH is 1. The molecule has 0 aromatic carbocycles. The van der Waals surface area contributed by atoms with Crippen LogP contribution in [-0.4, -0.2) is 29.8 Å². The quantitative estimate of drug-likeness (QED) is 0.309. The van der Waals surface area contributed by atoms with Crippen molar-refractivity contribution in [2.24, 2.45) is 23.2 Å². The molecule has 0 amide bonds. The van der Waals surface area contributed by atoms with Gasteiger partial charge in [0.05, 0.1) is 11.7 Å². The van der Waals surface area contributed by atoms with Crippen molar-refractivity contribution in [2.45, 2.75) is 110 Å². The summed E-state index contributed by atoms with van der Waals surface area (Å²) < 4.78 is 84.9. The van der Waals surface area contributed by atoms with Crippen molar-refractivity contribution in [3.05, 3.63) is 35.5 Å². The molecule has 0 aromatic heterocycles. The van der Waals surface area contributed by atoms with Gasteiger partial charge in [-0.1, -0.05) is 56.6 Å².